The summed E-state index contributed by atoms with van der Waals surface area (Å²) in [5, 5.41) is 10.9. The van der Waals surface area contributed by atoms with E-state index >= 15 is 0 Å². The Labute approximate surface area is 75.5 Å². The zero-order valence-corrected chi connectivity index (χ0v) is 7.75. The fourth-order valence-electron chi connectivity index (χ4n) is 0.466. The first-order valence-electron chi connectivity index (χ1n) is 3.32. The van der Waals surface area contributed by atoms with E-state index in [0.717, 1.165) is 5.75 Å². The summed E-state index contributed by atoms with van der Waals surface area (Å²) in [7, 11) is 0. The van der Waals surface area contributed by atoms with E-state index in [-0.39, 0.29) is 12.5 Å². The summed E-state index contributed by atoms with van der Waals surface area (Å²) >= 11 is 6.88. The van der Waals surface area contributed by atoms with Crippen molar-refractivity contribution in [1.29, 1.82) is 0 Å². The first-order chi connectivity index (χ1) is 5.31. The van der Waals surface area contributed by atoms with Crippen LogP contribution in [0.25, 0.3) is 0 Å². The molecule has 0 aromatic carbocycles. The predicted molar refractivity (Wildman–Crippen MR) is 48.1 cm³/mol. The van der Waals surface area contributed by atoms with E-state index in [2.05, 4.69) is 5.32 Å². The average Bonchev–Trinajstić information content (AvgIpc) is 2.01. The molecule has 5 heteroatoms. The van der Waals surface area contributed by atoms with Crippen LogP contribution in [-0.2, 0) is 4.79 Å². The van der Waals surface area contributed by atoms with Crippen molar-refractivity contribution in [3.63, 3.8) is 0 Å². The van der Waals surface area contributed by atoms with E-state index in [1.165, 1.54) is 11.8 Å². The Balaban J connectivity index is 3.09. The Morgan fingerprint density at radius 2 is 2.36 bits per heavy atom. The normalized spacial score (nSPS) is 9.64. The third-order valence-corrected chi connectivity index (χ3v) is 2.26. The first-order valence-corrected chi connectivity index (χ1v) is 5.01. The zero-order valence-electron chi connectivity index (χ0n) is 6.18. The number of hydrogen-bond acceptors (Lipinski definition) is 3. The van der Waals surface area contributed by atoms with Gasteiger partial charge in [0.05, 0.1) is 12.4 Å². The van der Waals surface area contributed by atoms with E-state index in [0.29, 0.717) is 18.2 Å². The molecule has 0 bridgehead atoms. The molecule has 0 rings (SSSR count). The Bertz CT molecular complexity index is 113. The van der Waals surface area contributed by atoms with Crippen LogP contribution >= 0.6 is 23.4 Å². The molecule has 0 aromatic rings. The van der Waals surface area contributed by atoms with Crippen LogP contribution in [-0.4, -0.2) is 41.6 Å². The highest BCUT2D eigenvalue weighted by atomic mass is 35.5. The van der Waals surface area contributed by atoms with Crippen LogP contribution in [0.3, 0.4) is 0 Å². The summed E-state index contributed by atoms with van der Waals surface area (Å²) in [5.41, 5.74) is 0. The number of hydrogen-bond donors (Lipinski definition) is 2. The molecule has 66 valence electrons. The van der Waals surface area contributed by atoms with Gasteiger partial charge in [-0.25, -0.2) is 0 Å². The van der Waals surface area contributed by atoms with Gasteiger partial charge in [-0.3, -0.25) is 4.79 Å². The Hall–Kier alpha value is 0.0700. The number of halogens is 1. The van der Waals surface area contributed by atoms with Crippen molar-refractivity contribution in [3.05, 3.63) is 0 Å². The van der Waals surface area contributed by atoms with Gasteiger partial charge in [0.25, 0.3) is 0 Å². The number of aliphatic hydroxyl groups is 1. The number of amides is 1. The molecular formula is C6H12ClNO2S. The average molecular weight is 198 g/mol. The molecule has 0 aromatic heterocycles. The van der Waals surface area contributed by atoms with Crippen LogP contribution in [0.2, 0.25) is 0 Å². The van der Waals surface area contributed by atoms with E-state index in [1.807, 2.05) is 0 Å². The Morgan fingerprint density at radius 1 is 1.64 bits per heavy atom. The molecule has 0 heterocycles. The number of carbonyl (C=O) groups excluding carboxylic acids is 1. The largest absolute Gasteiger partial charge is 0.395 e. The minimum atomic E-state index is -0.0471. The molecule has 0 radical (unpaired) electrons. The van der Waals surface area contributed by atoms with Gasteiger partial charge in [-0.1, -0.05) is 0 Å². The highest BCUT2D eigenvalue weighted by molar-refractivity contribution is 8.00. The van der Waals surface area contributed by atoms with Gasteiger partial charge < -0.3 is 10.4 Å². The third kappa shape index (κ3) is 7.97. The van der Waals surface area contributed by atoms with Gasteiger partial charge in [-0.15, -0.1) is 11.6 Å². The van der Waals surface area contributed by atoms with Crippen molar-refractivity contribution in [2.75, 3.05) is 30.5 Å². The molecule has 0 aliphatic carbocycles. The summed E-state index contributed by atoms with van der Waals surface area (Å²) in [6, 6.07) is 0. The molecule has 3 nitrogen and oxygen atoms in total. The van der Waals surface area contributed by atoms with Gasteiger partial charge >= 0.3 is 0 Å². The lowest BCUT2D eigenvalue weighted by Gasteiger charge is -2.00. The van der Waals surface area contributed by atoms with Gasteiger partial charge in [0, 0.05) is 18.2 Å². The van der Waals surface area contributed by atoms with Gasteiger partial charge in [-0.2, -0.15) is 11.8 Å². The molecular weight excluding hydrogens is 186 g/mol. The quantitative estimate of drug-likeness (QED) is 0.468. The van der Waals surface area contributed by atoms with Crippen molar-refractivity contribution >= 4 is 29.3 Å². The molecule has 2 N–H and O–H groups in total. The molecule has 1 amide bonds. The number of carbonyl (C=O) groups is 1. The molecule has 0 fully saturated rings. The fourth-order valence-corrected chi connectivity index (χ4v) is 1.33. The van der Waals surface area contributed by atoms with Crippen molar-refractivity contribution < 1.29 is 9.90 Å². The van der Waals surface area contributed by atoms with E-state index in [9.17, 15) is 4.79 Å². The monoisotopic (exact) mass is 197 g/mol. The highest BCUT2D eigenvalue weighted by Crippen LogP contribution is 1.98. The van der Waals surface area contributed by atoms with Gasteiger partial charge in [0.2, 0.25) is 5.91 Å². The summed E-state index contributed by atoms with van der Waals surface area (Å²) in [6.45, 7) is 0.326. The topological polar surface area (TPSA) is 49.3 Å². The summed E-state index contributed by atoms with van der Waals surface area (Å²) in [6.07, 6.45) is 0. The molecule has 11 heavy (non-hydrogen) atoms. The van der Waals surface area contributed by atoms with E-state index in [4.69, 9.17) is 16.7 Å². The maximum absolute atomic E-state index is 10.8. The van der Waals surface area contributed by atoms with Crippen LogP contribution in [0.4, 0.5) is 0 Å². The first kappa shape index (κ1) is 11.1. The third-order valence-electron chi connectivity index (χ3n) is 0.889. The van der Waals surface area contributed by atoms with Crippen molar-refractivity contribution in [1.82, 2.24) is 5.32 Å². The van der Waals surface area contributed by atoms with Crippen LogP contribution in [0.5, 0.6) is 0 Å². The van der Waals surface area contributed by atoms with Crippen molar-refractivity contribution in [2.45, 2.75) is 0 Å². The highest BCUT2D eigenvalue weighted by Gasteiger charge is 1.98. The van der Waals surface area contributed by atoms with E-state index in [1.54, 1.807) is 0 Å². The molecule has 0 spiro atoms. The van der Waals surface area contributed by atoms with Crippen molar-refractivity contribution in [3.8, 4) is 0 Å². The summed E-state index contributed by atoms with van der Waals surface area (Å²) in [5.74, 6) is 1.73. The second-order valence-corrected chi connectivity index (χ2v) is 3.30. The Kier molecular flexibility index (Phi) is 8.22. The molecule has 0 saturated heterocycles. The Morgan fingerprint density at radius 3 is 2.91 bits per heavy atom. The summed E-state index contributed by atoms with van der Waals surface area (Å²) in [4.78, 5) is 10.8. The van der Waals surface area contributed by atoms with Crippen LogP contribution in [0, 0.1) is 0 Å². The molecule has 0 aliphatic rings. The molecule has 0 unspecified atom stereocenters. The van der Waals surface area contributed by atoms with E-state index < -0.39 is 0 Å². The number of thioether (sulfide) groups is 1. The standard InChI is InChI=1S/C6H12ClNO2S/c7-1-4-11-5-6(10)8-2-3-9/h9H,1-5H2,(H,8,10). The lowest BCUT2D eigenvalue weighted by atomic mass is 10.6. The lowest BCUT2D eigenvalue weighted by Crippen LogP contribution is -2.28. The number of nitrogens with one attached hydrogen (secondary N) is 1. The second kappa shape index (κ2) is 8.17. The van der Waals surface area contributed by atoms with Crippen LogP contribution in [0.15, 0.2) is 0 Å². The minimum Gasteiger partial charge on any atom is -0.395 e. The summed E-state index contributed by atoms with van der Waals surface area (Å²) < 4.78 is 0. The van der Waals surface area contributed by atoms with Gasteiger partial charge in [0.15, 0.2) is 0 Å². The predicted octanol–water partition coefficient (Wildman–Crippen LogP) is 0.0669. The molecule has 0 atom stereocenters. The van der Waals surface area contributed by atoms with Gasteiger partial charge in [0.1, 0.15) is 0 Å². The van der Waals surface area contributed by atoms with Crippen molar-refractivity contribution in [2.24, 2.45) is 0 Å². The van der Waals surface area contributed by atoms with Crippen LogP contribution < -0.4 is 5.32 Å². The molecule has 0 aliphatic heterocycles. The molecule has 0 saturated carbocycles. The second-order valence-electron chi connectivity index (χ2n) is 1.82. The van der Waals surface area contributed by atoms with Gasteiger partial charge in [-0.05, 0) is 0 Å². The SMILES string of the molecule is O=C(CSCCCl)NCCO. The number of alkyl halides is 1. The van der Waals surface area contributed by atoms with Crippen LogP contribution in [0.1, 0.15) is 0 Å². The zero-order chi connectivity index (χ0) is 8.53. The number of rotatable bonds is 6. The fraction of sp³-hybridized carbons (Fsp3) is 0.833. The smallest absolute Gasteiger partial charge is 0.230 e. The lowest BCUT2D eigenvalue weighted by molar-refractivity contribution is -0.118. The maximum atomic E-state index is 10.8. The minimum absolute atomic E-state index is 0.00802. The number of aliphatic hydroxyl groups excluding tert-OH is 1. The maximum Gasteiger partial charge on any atom is 0.230 e.